The molecule has 0 aliphatic heterocycles. The topological polar surface area (TPSA) is 39.2 Å². The average molecular weight is 328 g/mol. The van der Waals surface area contributed by atoms with Gasteiger partial charge in [-0.05, 0) is 34.1 Å². The van der Waals surface area contributed by atoms with Gasteiger partial charge < -0.3 is 4.74 Å². The number of halogens is 3. The molecule has 1 aromatic carbocycles. The number of ether oxygens (including phenoxy) is 1. The van der Waals surface area contributed by atoms with Gasteiger partial charge in [0.2, 0.25) is 5.78 Å². The van der Waals surface area contributed by atoms with E-state index in [9.17, 15) is 13.6 Å². The third kappa shape index (κ3) is 3.57. The standard InChI is InChI=1S/C13H8BrF2NO2/c14-8-3-10(6-17-5-8)19-7-13(18)11-2-1-9(15)4-12(11)16/h1-6H,7H2. The molecule has 98 valence electrons. The third-order valence-electron chi connectivity index (χ3n) is 2.28. The second kappa shape index (κ2) is 5.88. The number of nitrogens with zero attached hydrogens (tertiary/aromatic N) is 1. The molecule has 0 N–H and O–H groups in total. The molecular weight excluding hydrogens is 320 g/mol. The SMILES string of the molecule is O=C(COc1cncc(Br)c1)c1ccc(F)cc1F. The summed E-state index contributed by atoms with van der Waals surface area (Å²) in [5.74, 6) is -1.82. The van der Waals surface area contributed by atoms with E-state index in [0.29, 0.717) is 16.3 Å². The number of pyridine rings is 1. The van der Waals surface area contributed by atoms with Gasteiger partial charge in [0.1, 0.15) is 17.4 Å². The smallest absolute Gasteiger partial charge is 0.203 e. The van der Waals surface area contributed by atoms with Crippen LogP contribution in [0, 0.1) is 11.6 Å². The van der Waals surface area contributed by atoms with Crippen LogP contribution in [0.15, 0.2) is 41.1 Å². The lowest BCUT2D eigenvalue weighted by Crippen LogP contribution is -2.13. The molecule has 0 amide bonds. The predicted octanol–water partition coefficient (Wildman–Crippen LogP) is 3.38. The van der Waals surface area contributed by atoms with Crippen molar-refractivity contribution < 1.29 is 18.3 Å². The van der Waals surface area contributed by atoms with Gasteiger partial charge in [-0.1, -0.05) is 0 Å². The Hall–Kier alpha value is -1.82. The van der Waals surface area contributed by atoms with Gasteiger partial charge in [-0.3, -0.25) is 9.78 Å². The lowest BCUT2D eigenvalue weighted by Gasteiger charge is -2.06. The first-order valence-electron chi connectivity index (χ1n) is 5.28. The second-order valence-electron chi connectivity index (χ2n) is 3.67. The Balaban J connectivity index is 2.05. The zero-order valence-corrected chi connectivity index (χ0v) is 11.2. The average Bonchev–Trinajstić information content (AvgIpc) is 2.36. The van der Waals surface area contributed by atoms with Crippen molar-refractivity contribution >= 4 is 21.7 Å². The number of hydrogen-bond donors (Lipinski definition) is 0. The van der Waals surface area contributed by atoms with Crippen LogP contribution in [-0.2, 0) is 0 Å². The fraction of sp³-hybridized carbons (Fsp3) is 0.0769. The molecule has 0 aliphatic rings. The number of carbonyl (C=O) groups excluding carboxylic acids is 1. The van der Waals surface area contributed by atoms with Gasteiger partial charge in [0.25, 0.3) is 0 Å². The largest absolute Gasteiger partial charge is 0.484 e. The van der Waals surface area contributed by atoms with E-state index < -0.39 is 17.4 Å². The van der Waals surface area contributed by atoms with E-state index in [1.807, 2.05) is 0 Å². The van der Waals surface area contributed by atoms with Gasteiger partial charge in [-0.15, -0.1) is 0 Å². The third-order valence-corrected chi connectivity index (χ3v) is 2.71. The molecule has 0 aliphatic carbocycles. The molecule has 3 nitrogen and oxygen atoms in total. The van der Waals surface area contributed by atoms with Crippen molar-refractivity contribution in [3.63, 3.8) is 0 Å². The van der Waals surface area contributed by atoms with Crippen LogP contribution in [0.5, 0.6) is 5.75 Å². The first-order valence-corrected chi connectivity index (χ1v) is 6.07. The molecule has 0 spiro atoms. The van der Waals surface area contributed by atoms with Crippen molar-refractivity contribution in [2.45, 2.75) is 0 Å². The molecule has 0 atom stereocenters. The number of aromatic nitrogens is 1. The Bertz CT molecular complexity index is 619. The van der Waals surface area contributed by atoms with Crippen LogP contribution in [-0.4, -0.2) is 17.4 Å². The summed E-state index contributed by atoms with van der Waals surface area (Å²) >= 11 is 3.20. The van der Waals surface area contributed by atoms with E-state index in [1.54, 1.807) is 12.3 Å². The highest BCUT2D eigenvalue weighted by molar-refractivity contribution is 9.10. The Morgan fingerprint density at radius 3 is 2.74 bits per heavy atom. The number of rotatable bonds is 4. The minimum atomic E-state index is -0.902. The van der Waals surface area contributed by atoms with Gasteiger partial charge in [0.05, 0.1) is 11.8 Å². The quantitative estimate of drug-likeness (QED) is 0.808. The molecule has 0 saturated carbocycles. The normalized spacial score (nSPS) is 10.3. The maximum atomic E-state index is 13.4. The molecule has 0 unspecified atom stereocenters. The first kappa shape index (κ1) is 13.6. The van der Waals surface area contributed by atoms with Crippen molar-refractivity contribution in [1.82, 2.24) is 4.98 Å². The molecule has 0 fully saturated rings. The maximum absolute atomic E-state index is 13.4. The summed E-state index contributed by atoms with van der Waals surface area (Å²) < 4.78 is 31.9. The van der Waals surface area contributed by atoms with Gasteiger partial charge >= 0.3 is 0 Å². The van der Waals surface area contributed by atoms with Crippen LogP contribution < -0.4 is 4.74 Å². The summed E-state index contributed by atoms with van der Waals surface area (Å²) in [7, 11) is 0. The monoisotopic (exact) mass is 327 g/mol. The van der Waals surface area contributed by atoms with Crippen molar-refractivity contribution in [3.8, 4) is 5.75 Å². The van der Waals surface area contributed by atoms with Gasteiger partial charge in [0, 0.05) is 16.7 Å². The Kier molecular flexibility index (Phi) is 4.21. The van der Waals surface area contributed by atoms with E-state index in [1.165, 1.54) is 6.20 Å². The lowest BCUT2D eigenvalue weighted by molar-refractivity contribution is 0.0917. The van der Waals surface area contributed by atoms with Crippen LogP contribution >= 0.6 is 15.9 Å². The van der Waals surface area contributed by atoms with Crippen LogP contribution in [0.1, 0.15) is 10.4 Å². The number of ketones is 1. The molecule has 2 aromatic rings. The summed E-state index contributed by atoms with van der Waals surface area (Å²) in [6, 6.07) is 4.40. The molecule has 19 heavy (non-hydrogen) atoms. The molecular formula is C13H8BrF2NO2. The highest BCUT2D eigenvalue weighted by atomic mass is 79.9. The Morgan fingerprint density at radius 2 is 2.05 bits per heavy atom. The fourth-order valence-electron chi connectivity index (χ4n) is 1.41. The fourth-order valence-corrected chi connectivity index (χ4v) is 1.76. The van der Waals surface area contributed by atoms with Gasteiger partial charge in [0.15, 0.2) is 6.61 Å². The zero-order chi connectivity index (χ0) is 13.8. The minimum absolute atomic E-state index is 0.204. The molecule has 0 radical (unpaired) electrons. The molecule has 2 rings (SSSR count). The summed E-state index contributed by atoms with van der Waals surface area (Å²) in [5, 5.41) is 0. The zero-order valence-electron chi connectivity index (χ0n) is 9.57. The maximum Gasteiger partial charge on any atom is 0.203 e. The number of benzene rings is 1. The van der Waals surface area contributed by atoms with Crippen molar-refractivity contribution in [2.24, 2.45) is 0 Å². The van der Waals surface area contributed by atoms with E-state index >= 15 is 0 Å². The van der Waals surface area contributed by atoms with E-state index in [4.69, 9.17) is 4.74 Å². The van der Waals surface area contributed by atoms with Gasteiger partial charge in [-0.2, -0.15) is 0 Å². The van der Waals surface area contributed by atoms with Crippen LogP contribution in [0.3, 0.4) is 0 Å². The Labute approximate surface area is 116 Å². The lowest BCUT2D eigenvalue weighted by atomic mass is 10.1. The van der Waals surface area contributed by atoms with Crippen molar-refractivity contribution in [1.29, 1.82) is 0 Å². The van der Waals surface area contributed by atoms with E-state index in [-0.39, 0.29) is 12.2 Å². The molecule has 6 heteroatoms. The number of hydrogen-bond acceptors (Lipinski definition) is 3. The van der Waals surface area contributed by atoms with Crippen LogP contribution in [0.4, 0.5) is 8.78 Å². The predicted molar refractivity (Wildman–Crippen MR) is 68.1 cm³/mol. The molecule has 1 aromatic heterocycles. The summed E-state index contributed by atoms with van der Waals surface area (Å²) in [4.78, 5) is 15.6. The van der Waals surface area contributed by atoms with Gasteiger partial charge in [-0.25, -0.2) is 8.78 Å². The molecule has 0 saturated heterocycles. The second-order valence-corrected chi connectivity index (χ2v) is 4.59. The molecule has 0 bridgehead atoms. The highest BCUT2D eigenvalue weighted by Gasteiger charge is 2.13. The van der Waals surface area contributed by atoms with Crippen molar-refractivity contribution in [3.05, 3.63) is 58.3 Å². The summed E-state index contributed by atoms with van der Waals surface area (Å²) in [6.07, 6.45) is 2.99. The van der Waals surface area contributed by atoms with Crippen LogP contribution in [0.2, 0.25) is 0 Å². The van der Waals surface area contributed by atoms with E-state index in [2.05, 4.69) is 20.9 Å². The summed E-state index contributed by atoms with van der Waals surface area (Å²) in [6.45, 7) is -0.347. The Morgan fingerprint density at radius 1 is 1.26 bits per heavy atom. The highest BCUT2D eigenvalue weighted by Crippen LogP contribution is 2.16. The van der Waals surface area contributed by atoms with Crippen molar-refractivity contribution in [2.75, 3.05) is 6.61 Å². The number of carbonyl (C=O) groups is 1. The first-order chi connectivity index (χ1) is 9.06. The number of Topliss-reactive ketones (excluding diaryl/α,β-unsaturated/α-hetero) is 1. The summed E-state index contributed by atoms with van der Waals surface area (Å²) in [5.41, 5.74) is -0.204. The minimum Gasteiger partial charge on any atom is -0.484 e. The van der Waals surface area contributed by atoms with E-state index in [0.717, 1.165) is 12.1 Å². The van der Waals surface area contributed by atoms with Crippen LogP contribution in [0.25, 0.3) is 0 Å². The molecule has 1 heterocycles.